The Labute approximate surface area is 174 Å². The minimum absolute atomic E-state index is 0.152. The number of carbonyl (C=O) groups is 1. The summed E-state index contributed by atoms with van der Waals surface area (Å²) in [6, 6.07) is 12.7. The third kappa shape index (κ3) is 6.51. The van der Waals surface area contributed by atoms with Crippen molar-refractivity contribution in [2.45, 2.75) is 46.0 Å². The van der Waals surface area contributed by atoms with Crippen molar-refractivity contribution in [2.24, 2.45) is 5.16 Å². The summed E-state index contributed by atoms with van der Waals surface area (Å²) < 4.78 is 5.47. The number of carboxylic acids is 1. The van der Waals surface area contributed by atoms with Crippen molar-refractivity contribution in [1.82, 2.24) is 0 Å². The average molecular weight is 424 g/mol. The van der Waals surface area contributed by atoms with Gasteiger partial charge in [0.15, 0.2) is 6.10 Å². The normalized spacial score (nSPS) is 12.9. The molecule has 0 saturated heterocycles. The third-order valence-electron chi connectivity index (χ3n) is 3.95. The van der Waals surface area contributed by atoms with Gasteiger partial charge in [-0.1, -0.05) is 52.6 Å². The monoisotopic (exact) mass is 423 g/mol. The molecule has 0 amide bonds. The molecule has 1 N–H and O–H groups in total. The van der Waals surface area contributed by atoms with E-state index in [0.717, 1.165) is 11.1 Å². The molecule has 0 aliphatic carbocycles. The summed E-state index contributed by atoms with van der Waals surface area (Å²) >= 11 is 12.2. The molecule has 0 heterocycles. The van der Waals surface area contributed by atoms with Gasteiger partial charge in [0.1, 0.15) is 6.61 Å². The fraction of sp³-hybridized carbons (Fsp3) is 0.333. The molecule has 0 fully saturated rings. The largest absolute Gasteiger partial charge is 0.479 e. The predicted octanol–water partition coefficient (Wildman–Crippen LogP) is 5.35. The maximum atomic E-state index is 11.4. The van der Waals surface area contributed by atoms with Gasteiger partial charge in [-0.05, 0) is 50.1 Å². The van der Waals surface area contributed by atoms with Crippen LogP contribution in [0.3, 0.4) is 0 Å². The number of rotatable bonds is 9. The lowest BCUT2D eigenvalue weighted by Gasteiger charge is -2.16. The molecule has 2 aromatic rings. The van der Waals surface area contributed by atoms with Gasteiger partial charge in [0.25, 0.3) is 0 Å². The molecule has 2 rings (SSSR count). The minimum Gasteiger partial charge on any atom is -0.479 e. The van der Waals surface area contributed by atoms with Crippen LogP contribution in [0.4, 0.5) is 0 Å². The number of hydrogen-bond donors (Lipinski definition) is 1. The van der Waals surface area contributed by atoms with Gasteiger partial charge >= 0.3 is 5.97 Å². The molecule has 0 saturated carbocycles. The molecule has 0 aliphatic heterocycles. The third-order valence-corrected chi connectivity index (χ3v) is 4.66. The number of benzene rings is 2. The Balaban J connectivity index is 2.07. The first-order chi connectivity index (χ1) is 13.3. The standard InChI is InChI=1S/C21H23Cl2NO4/c1-13(2)28-20(21(25)26)11-15-6-4-7-16(10-15)14(3)24-27-12-17-18(22)8-5-9-19(17)23/h4-10,13,20H,11-12H2,1-3H3,(H,25,26). The van der Waals surface area contributed by atoms with Crippen molar-refractivity contribution in [3.05, 3.63) is 69.2 Å². The van der Waals surface area contributed by atoms with Crippen LogP contribution >= 0.6 is 23.2 Å². The molecule has 7 heteroatoms. The van der Waals surface area contributed by atoms with Crippen LogP contribution in [0.15, 0.2) is 47.6 Å². The van der Waals surface area contributed by atoms with Crippen LogP contribution < -0.4 is 0 Å². The van der Waals surface area contributed by atoms with Crippen LogP contribution in [0.1, 0.15) is 37.5 Å². The molecular weight excluding hydrogens is 401 g/mol. The maximum absolute atomic E-state index is 11.4. The number of nitrogens with zero attached hydrogens (tertiary/aromatic N) is 1. The molecule has 28 heavy (non-hydrogen) atoms. The Hall–Kier alpha value is -2.08. The van der Waals surface area contributed by atoms with E-state index in [1.807, 2.05) is 45.0 Å². The van der Waals surface area contributed by atoms with Gasteiger partial charge in [-0.25, -0.2) is 4.79 Å². The summed E-state index contributed by atoms with van der Waals surface area (Å²) in [6.45, 7) is 5.59. The number of ether oxygens (including phenoxy) is 1. The topological polar surface area (TPSA) is 68.1 Å². The van der Waals surface area contributed by atoms with Crippen LogP contribution in [-0.4, -0.2) is 29.0 Å². The van der Waals surface area contributed by atoms with E-state index in [-0.39, 0.29) is 19.1 Å². The number of hydrogen-bond acceptors (Lipinski definition) is 4. The van der Waals surface area contributed by atoms with Crippen molar-refractivity contribution < 1.29 is 19.5 Å². The summed E-state index contributed by atoms with van der Waals surface area (Å²) in [5, 5.41) is 14.5. The molecular formula is C21H23Cl2NO4. The zero-order valence-corrected chi connectivity index (χ0v) is 17.5. The van der Waals surface area contributed by atoms with E-state index in [0.29, 0.717) is 21.3 Å². The fourth-order valence-corrected chi connectivity index (χ4v) is 3.08. The van der Waals surface area contributed by atoms with Gasteiger partial charge in [0.2, 0.25) is 0 Å². The van der Waals surface area contributed by atoms with Gasteiger partial charge in [0.05, 0.1) is 11.8 Å². The van der Waals surface area contributed by atoms with Crippen LogP contribution in [0, 0.1) is 0 Å². The first-order valence-electron chi connectivity index (χ1n) is 8.85. The van der Waals surface area contributed by atoms with Crippen molar-refractivity contribution in [1.29, 1.82) is 0 Å². The fourth-order valence-electron chi connectivity index (χ4n) is 2.58. The molecule has 150 valence electrons. The van der Waals surface area contributed by atoms with Gasteiger partial charge in [-0.15, -0.1) is 0 Å². The maximum Gasteiger partial charge on any atom is 0.333 e. The molecule has 0 aromatic heterocycles. The highest BCUT2D eigenvalue weighted by atomic mass is 35.5. The Morgan fingerprint density at radius 2 is 1.79 bits per heavy atom. The molecule has 2 aromatic carbocycles. The summed E-state index contributed by atoms with van der Waals surface area (Å²) in [5.74, 6) is -0.982. The number of oxime groups is 1. The molecule has 0 radical (unpaired) electrons. The van der Waals surface area contributed by atoms with Crippen molar-refractivity contribution in [3.8, 4) is 0 Å². The SMILES string of the molecule is CC(=NOCc1c(Cl)cccc1Cl)c1cccc(CC(OC(C)C)C(=O)O)c1. The van der Waals surface area contributed by atoms with E-state index in [1.165, 1.54) is 0 Å². The molecule has 5 nitrogen and oxygen atoms in total. The second-order valence-corrected chi connectivity index (χ2v) is 7.38. The number of carboxylic acid groups (broad SMARTS) is 1. The van der Waals surface area contributed by atoms with E-state index in [4.69, 9.17) is 32.8 Å². The van der Waals surface area contributed by atoms with Crippen LogP contribution in [0.25, 0.3) is 0 Å². The zero-order valence-electron chi connectivity index (χ0n) is 16.0. The van der Waals surface area contributed by atoms with E-state index >= 15 is 0 Å². The van der Waals surface area contributed by atoms with E-state index in [2.05, 4.69) is 5.16 Å². The lowest BCUT2D eigenvalue weighted by Crippen LogP contribution is -2.29. The van der Waals surface area contributed by atoms with Crippen molar-refractivity contribution in [3.63, 3.8) is 0 Å². The highest BCUT2D eigenvalue weighted by molar-refractivity contribution is 6.35. The molecule has 1 atom stereocenters. The highest BCUT2D eigenvalue weighted by Crippen LogP contribution is 2.25. The average Bonchev–Trinajstić information content (AvgIpc) is 2.63. The van der Waals surface area contributed by atoms with Crippen molar-refractivity contribution in [2.75, 3.05) is 0 Å². The highest BCUT2D eigenvalue weighted by Gasteiger charge is 2.20. The molecule has 0 aliphatic rings. The quantitative estimate of drug-likeness (QED) is 0.435. The van der Waals surface area contributed by atoms with Crippen molar-refractivity contribution >= 4 is 34.9 Å². The van der Waals surface area contributed by atoms with Crippen LogP contribution in [0.5, 0.6) is 0 Å². The first-order valence-corrected chi connectivity index (χ1v) is 9.60. The predicted molar refractivity (Wildman–Crippen MR) is 111 cm³/mol. The number of aliphatic carboxylic acids is 1. The summed E-state index contributed by atoms with van der Waals surface area (Å²) in [6.07, 6.45) is -0.797. The Morgan fingerprint density at radius 3 is 2.39 bits per heavy atom. The van der Waals surface area contributed by atoms with Gasteiger partial charge in [-0.2, -0.15) is 0 Å². The van der Waals surface area contributed by atoms with E-state index in [9.17, 15) is 9.90 Å². The molecule has 0 spiro atoms. The summed E-state index contributed by atoms with van der Waals surface area (Å²) in [4.78, 5) is 16.8. The minimum atomic E-state index is -0.982. The van der Waals surface area contributed by atoms with Crippen LogP contribution in [0.2, 0.25) is 10.0 Å². The Morgan fingerprint density at radius 1 is 1.14 bits per heavy atom. The van der Waals surface area contributed by atoms with E-state index in [1.54, 1.807) is 18.2 Å². The van der Waals surface area contributed by atoms with Gasteiger partial charge in [-0.3, -0.25) is 0 Å². The summed E-state index contributed by atoms with van der Waals surface area (Å²) in [5.41, 5.74) is 3.00. The van der Waals surface area contributed by atoms with Crippen LogP contribution in [-0.2, 0) is 27.4 Å². The number of halogens is 2. The zero-order chi connectivity index (χ0) is 20.7. The Kier molecular flexibility index (Phi) is 8.30. The van der Waals surface area contributed by atoms with Gasteiger partial charge in [0, 0.05) is 22.0 Å². The smallest absolute Gasteiger partial charge is 0.333 e. The van der Waals surface area contributed by atoms with Gasteiger partial charge < -0.3 is 14.7 Å². The molecule has 1 unspecified atom stereocenters. The second kappa shape index (κ2) is 10.5. The lowest BCUT2D eigenvalue weighted by molar-refractivity contribution is -0.153. The lowest BCUT2D eigenvalue weighted by atomic mass is 10.0. The molecule has 0 bridgehead atoms. The first kappa shape index (κ1) is 22.2. The van der Waals surface area contributed by atoms with E-state index < -0.39 is 12.1 Å². The Bertz CT molecular complexity index is 832. The summed E-state index contributed by atoms with van der Waals surface area (Å²) in [7, 11) is 0. The second-order valence-electron chi connectivity index (χ2n) is 6.57.